The van der Waals surface area contributed by atoms with E-state index in [2.05, 4.69) is 15.6 Å². The molecule has 6 heteroatoms. The Labute approximate surface area is 132 Å². The van der Waals surface area contributed by atoms with Gasteiger partial charge in [0.1, 0.15) is 0 Å². The number of carbonyl (C=O) groups excluding carboxylic acids is 2. The molecule has 2 N–H and O–H groups in total. The summed E-state index contributed by atoms with van der Waals surface area (Å²) in [5.74, 6) is 0.134. The van der Waals surface area contributed by atoms with E-state index in [1.54, 1.807) is 10.6 Å². The topological polar surface area (TPSA) is 75.5 Å². The Kier molecular flexibility index (Phi) is 3.08. The molecule has 114 valence electrons. The first-order chi connectivity index (χ1) is 11.2. The molecule has 23 heavy (non-hydrogen) atoms. The number of hydrogen-bond acceptors (Lipinski definition) is 3. The van der Waals surface area contributed by atoms with E-state index in [-0.39, 0.29) is 11.8 Å². The van der Waals surface area contributed by atoms with Crippen LogP contribution in [0.25, 0.3) is 5.52 Å². The van der Waals surface area contributed by atoms with Crippen LogP contribution in [0.1, 0.15) is 21.7 Å². The standard InChI is InChI=1S/C17H14N4O2/c22-15-8-12-7-11(4-5-14(12)20-15)9-19-17(23)16-18-10-13-3-1-2-6-21(13)16/h1-7,10H,8-9H2,(H,19,23)(H,20,22). The lowest BCUT2D eigenvalue weighted by Crippen LogP contribution is -2.25. The summed E-state index contributed by atoms with van der Waals surface area (Å²) >= 11 is 0. The van der Waals surface area contributed by atoms with Gasteiger partial charge in [0, 0.05) is 18.4 Å². The van der Waals surface area contributed by atoms with Crippen molar-refractivity contribution in [2.75, 3.05) is 5.32 Å². The van der Waals surface area contributed by atoms with Crippen LogP contribution >= 0.6 is 0 Å². The normalized spacial score (nSPS) is 13.0. The second-order valence-electron chi connectivity index (χ2n) is 5.48. The molecular weight excluding hydrogens is 292 g/mol. The molecule has 1 aliphatic rings. The molecule has 1 aromatic carbocycles. The molecule has 0 radical (unpaired) electrons. The number of imidazole rings is 1. The van der Waals surface area contributed by atoms with Crippen LogP contribution in [0.3, 0.4) is 0 Å². The Morgan fingerprint density at radius 1 is 1.30 bits per heavy atom. The second-order valence-corrected chi connectivity index (χ2v) is 5.48. The number of carbonyl (C=O) groups is 2. The van der Waals surface area contributed by atoms with E-state index in [1.807, 2.05) is 42.6 Å². The van der Waals surface area contributed by atoms with Crippen LogP contribution in [0.5, 0.6) is 0 Å². The maximum Gasteiger partial charge on any atom is 0.287 e. The average Bonchev–Trinajstić information content (AvgIpc) is 3.14. The number of fused-ring (bicyclic) bond motifs is 2. The zero-order valence-corrected chi connectivity index (χ0v) is 12.2. The van der Waals surface area contributed by atoms with Gasteiger partial charge in [-0.25, -0.2) is 4.98 Å². The highest BCUT2D eigenvalue weighted by Gasteiger charge is 2.18. The maximum absolute atomic E-state index is 12.3. The summed E-state index contributed by atoms with van der Waals surface area (Å²) in [5.41, 5.74) is 3.64. The molecule has 2 amide bonds. The minimum atomic E-state index is -0.231. The number of hydrogen-bond donors (Lipinski definition) is 2. The molecule has 4 rings (SSSR count). The van der Waals surface area contributed by atoms with Crippen molar-refractivity contribution in [2.24, 2.45) is 0 Å². The van der Waals surface area contributed by atoms with Crippen LogP contribution in [0.15, 0.2) is 48.8 Å². The molecule has 0 spiro atoms. The van der Waals surface area contributed by atoms with Gasteiger partial charge in [-0.2, -0.15) is 0 Å². The summed E-state index contributed by atoms with van der Waals surface area (Å²) in [7, 11) is 0. The van der Waals surface area contributed by atoms with Crippen molar-refractivity contribution in [3.05, 3.63) is 65.7 Å². The minimum Gasteiger partial charge on any atom is -0.345 e. The highest BCUT2D eigenvalue weighted by Crippen LogP contribution is 2.23. The Bertz CT molecular complexity index is 929. The predicted molar refractivity (Wildman–Crippen MR) is 85.1 cm³/mol. The van der Waals surface area contributed by atoms with Gasteiger partial charge in [-0.1, -0.05) is 18.2 Å². The number of rotatable bonds is 3. The zero-order valence-electron chi connectivity index (χ0n) is 12.2. The first kappa shape index (κ1) is 13.5. The molecule has 3 heterocycles. The molecule has 0 bridgehead atoms. The van der Waals surface area contributed by atoms with Crippen LogP contribution in [-0.2, 0) is 17.8 Å². The van der Waals surface area contributed by atoms with E-state index in [4.69, 9.17) is 0 Å². The van der Waals surface area contributed by atoms with Gasteiger partial charge < -0.3 is 10.6 Å². The van der Waals surface area contributed by atoms with Crippen LogP contribution < -0.4 is 10.6 Å². The third kappa shape index (κ3) is 2.44. The third-order valence-electron chi connectivity index (χ3n) is 3.89. The van der Waals surface area contributed by atoms with Gasteiger partial charge in [0.05, 0.1) is 18.1 Å². The summed E-state index contributed by atoms with van der Waals surface area (Å²) in [5, 5.41) is 5.66. The maximum atomic E-state index is 12.3. The Hall–Kier alpha value is -3.15. The van der Waals surface area contributed by atoms with Crippen molar-refractivity contribution >= 4 is 23.0 Å². The van der Waals surface area contributed by atoms with Crippen LogP contribution in [0.2, 0.25) is 0 Å². The fourth-order valence-electron chi connectivity index (χ4n) is 2.77. The number of amides is 2. The van der Waals surface area contributed by atoms with Crippen molar-refractivity contribution in [2.45, 2.75) is 13.0 Å². The molecular formula is C17H14N4O2. The van der Waals surface area contributed by atoms with Crippen molar-refractivity contribution in [3.63, 3.8) is 0 Å². The molecule has 6 nitrogen and oxygen atoms in total. The van der Waals surface area contributed by atoms with E-state index in [1.165, 1.54) is 0 Å². The molecule has 3 aromatic rings. The molecule has 2 aromatic heterocycles. The van der Waals surface area contributed by atoms with Gasteiger partial charge in [-0.15, -0.1) is 0 Å². The average molecular weight is 306 g/mol. The van der Waals surface area contributed by atoms with Gasteiger partial charge in [-0.05, 0) is 29.3 Å². The monoisotopic (exact) mass is 306 g/mol. The van der Waals surface area contributed by atoms with Crippen LogP contribution in [-0.4, -0.2) is 21.2 Å². The molecule has 0 atom stereocenters. The zero-order chi connectivity index (χ0) is 15.8. The van der Waals surface area contributed by atoms with Crippen molar-refractivity contribution < 1.29 is 9.59 Å². The second kappa shape index (κ2) is 5.24. The number of aromatic nitrogens is 2. The summed E-state index contributed by atoms with van der Waals surface area (Å²) in [6, 6.07) is 11.4. The van der Waals surface area contributed by atoms with Gasteiger partial charge in [0.15, 0.2) is 0 Å². The molecule has 0 fully saturated rings. The van der Waals surface area contributed by atoms with Crippen molar-refractivity contribution in [3.8, 4) is 0 Å². The number of pyridine rings is 1. The Morgan fingerprint density at radius 2 is 2.22 bits per heavy atom. The quantitative estimate of drug-likeness (QED) is 0.774. The highest BCUT2D eigenvalue weighted by molar-refractivity contribution is 5.99. The largest absolute Gasteiger partial charge is 0.345 e. The van der Waals surface area contributed by atoms with Crippen LogP contribution in [0.4, 0.5) is 5.69 Å². The van der Waals surface area contributed by atoms with Gasteiger partial charge >= 0.3 is 0 Å². The number of nitrogens with one attached hydrogen (secondary N) is 2. The van der Waals surface area contributed by atoms with Gasteiger partial charge in [-0.3, -0.25) is 14.0 Å². The predicted octanol–water partition coefficient (Wildman–Crippen LogP) is 1.76. The molecule has 0 saturated carbocycles. The van der Waals surface area contributed by atoms with E-state index < -0.39 is 0 Å². The van der Waals surface area contributed by atoms with Gasteiger partial charge in [0.25, 0.3) is 5.91 Å². The summed E-state index contributed by atoms with van der Waals surface area (Å²) < 4.78 is 1.75. The van der Waals surface area contributed by atoms with E-state index >= 15 is 0 Å². The number of nitrogens with zero attached hydrogens (tertiary/aromatic N) is 2. The fraction of sp³-hybridized carbons (Fsp3) is 0.118. The molecule has 0 aliphatic carbocycles. The van der Waals surface area contributed by atoms with E-state index in [0.717, 1.165) is 22.3 Å². The third-order valence-corrected chi connectivity index (χ3v) is 3.89. The summed E-state index contributed by atoms with van der Waals surface area (Å²) in [6.07, 6.45) is 3.87. The first-order valence-corrected chi connectivity index (χ1v) is 7.33. The SMILES string of the molecule is O=C1Cc2cc(CNC(=O)c3ncc4ccccn34)ccc2N1. The van der Waals surface area contributed by atoms with E-state index in [9.17, 15) is 9.59 Å². The lowest BCUT2D eigenvalue weighted by atomic mass is 10.1. The lowest BCUT2D eigenvalue weighted by Gasteiger charge is -2.06. The summed E-state index contributed by atoms with van der Waals surface area (Å²) in [4.78, 5) is 27.9. The molecule has 0 saturated heterocycles. The van der Waals surface area contributed by atoms with Crippen molar-refractivity contribution in [1.29, 1.82) is 0 Å². The van der Waals surface area contributed by atoms with E-state index in [0.29, 0.717) is 18.8 Å². The fourth-order valence-corrected chi connectivity index (χ4v) is 2.77. The number of anilines is 1. The van der Waals surface area contributed by atoms with Gasteiger partial charge in [0.2, 0.25) is 11.7 Å². The number of benzene rings is 1. The smallest absolute Gasteiger partial charge is 0.287 e. The molecule has 0 unspecified atom stereocenters. The first-order valence-electron chi connectivity index (χ1n) is 7.33. The van der Waals surface area contributed by atoms with Crippen LogP contribution in [0, 0.1) is 0 Å². The summed E-state index contributed by atoms with van der Waals surface area (Å²) in [6.45, 7) is 0.391. The van der Waals surface area contributed by atoms with Crippen molar-refractivity contribution in [1.82, 2.24) is 14.7 Å². The highest BCUT2D eigenvalue weighted by atomic mass is 16.2. The molecule has 1 aliphatic heterocycles. The lowest BCUT2D eigenvalue weighted by molar-refractivity contribution is -0.115. The minimum absolute atomic E-state index is 0.00467. The Balaban J connectivity index is 1.50. The Morgan fingerprint density at radius 3 is 3.13 bits per heavy atom.